The van der Waals surface area contributed by atoms with Crippen molar-refractivity contribution in [2.45, 2.75) is 20.3 Å². The van der Waals surface area contributed by atoms with Gasteiger partial charge in [0.25, 0.3) is 0 Å². The summed E-state index contributed by atoms with van der Waals surface area (Å²) in [5.74, 6) is -0.376. The van der Waals surface area contributed by atoms with Crippen molar-refractivity contribution in [3.8, 4) is 0 Å². The molecular weight excluding hydrogens is 132 g/mol. The zero-order valence-electron chi connectivity index (χ0n) is 6.33. The Hall–Kier alpha value is -0.570. The second-order valence-electron chi connectivity index (χ2n) is 2.14. The summed E-state index contributed by atoms with van der Waals surface area (Å²) in [4.78, 5) is 10.7. The number of carbonyl (C=O) groups excluding carboxylic acids is 1. The predicted molar refractivity (Wildman–Crippen MR) is 36.6 cm³/mol. The third kappa shape index (κ3) is 4.32. The zero-order valence-corrected chi connectivity index (χ0v) is 6.33. The van der Waals surface area contributed by atoms with E-state index >= 15 is 0 Å². The number of esters is 1. The van der Waals surface area contributed by atoms with Crippen molar-refractivity contribution >= 4 is 5.97 Å². The maximum absolute atomic E-state index is 10.7. The number of hydrogen-bond acceptors (Lipinski definition) is 3. The fraction of sp³-hybridized carbons (Fsp3) is 0.714. The van der Waals surface area contributed by atoms with Gasteiger partial charge in [0.2, 0.25) is 0 Å². The van der Waals surface area contributed by atoms with Crippen LogP contribution < -0.4 is 0 Å². The molecule has 0 aromatic carbocycles. The van der Waals surface area contributed by atoms with E-state index in [4.69, 9.17) is 5.11 Å². The van der Waals surface area contributed by atoms with Crippen LogP contribution >= 0.6 is 0 Å². The molecule has 0 aliphatic heterocycles. The quantitative estimate of drug-likeness (QED) is 0.603. The highest BCUT2D eigenvalue weighted by Gasteiger charge is 2.07. The number of ether oxygens (including phenoxy) is 1. The second-order valence-corrected chi connectivity index (χ2v) is 2.14. The lowest BCUT2D eigenvalue weighted by Gasteiger charge is -2.04. The zero-order chi connectivity index (χ0) is 7.98. The summed E-state index contributed by atoms with van der Waals surface area (Å²) in [6.07, 6.45) is 0.254. The Bertz CT molecular complexity index is 101. The minimum atomic E-state index is -0.264. The molecule has 0 saturated heterocycles. The van der Waals surface area contributed by atoms with Gasteiger partial charge >= 0.3 is 5.97 Å². The summed E-state index contributed by atoms with van der Waals surface area (Å²) in [5.41, 5.74) is 0. The van der Waals surface area contributed by atoms with E-state index in [9.17, 15) is 4.79 Å². The summed E-state index contributed by atoms with van der Waals surface area (Å²) in [6, 6.07) is 0. The molecule has 0 saturated carbocycles. The van der Waals surface area contributed by atoms with Crippen LogP contribution in [0.1, 0.15) is 20.3 Å². The molecule has 0 aromatic heterocycles. The van der Waals surface area contributed by atoms with Gasteiger partial charge in [0, 0.05) is 0 Å². The van der Waals surface area contributed by atoms with Crippen molar-refractivity contribution in [2.75, 3.05) is 6.61 Å². The Labute approximate surface area is 61.0 Å². The Balaban J connectivity index is 3.37. The van der Waals surface area contributed by atoms with Crippen LogP contribution in [0.5, 0.6) is 0 Å². The SMILES string of the molecule is CCOC(=O)CC(C)[CH]O. The molecule has 1 radical (unpaired) electrons. The van der Waals surface area contributed by atoms with Crippen molar-refractivity contribution < 1.29 is 14.6 Å². The molecule has 3 heteroatoms. The van der Waals surface area contributed by atoms with E-state index in [-0.39, 0.29) is 18.3 Å². The molecule has 0 aliphatic rings. The summed E-state index contributed by atoms with van der Waals surface area (Å²) in [7, 11) is 0. The lowest BCUT2D eigenvalue weighted by Crippen LogP contribution is -2.09. The lowest BCUT2D eigenvalue weighted by molar-refractivity contribution is -0.144. The van der Waals surface area contributed by atoms with Crippen molar-refractivity contribution in [2.24, 2.45) is 5.92 Å². The molecule has 59 valence electrons. The smallest absolute Gasteiger partial charge is 0.306 e. The monoisotopic (exact) mass is 145 g/mol. The number of rotatable bonds is 4. The molecule has 0 heterocycles. The maximum atomic E-state index is 10.7. The summed E-state index contributed by atoms with van der Waals surface area (Å²) in [5, 5.41) is 8.42. The first kappa shape index (κ1) is 9.43. The second kappa shape index (κ2) is 5.23. The van der Waals surface area contributed by atoms with Crippen molar-refractivity contribution in [1.29, 1.82) is 0 Å². The van der Waals surface area contributed by atoms with Gasteiger partial charge in [-0.15, -0.1) is 0 Å². The minimum absolute atomic E-state index is 0.112. The Morgan fingerprint density at radius 3 is 2.80 bits per heavy atom. The first-order valence-electron chi connectivity index (χ1n) is 3.33. The largest absolute Gasteiger partial charge is 0.466 e. The summed E-state index contributed by atoms with van der Waals surface area (Å²) >= 11 is 0. The number of aliphatic hydroxyl groups is 1. The van der Waals surface area contributed by atoms with E-state index in [1.807, 2.05) is 0 Å². The average Bonchev–Trinajstić information content (AvgIpc) is 1.88. The molecule has 1 unspecified atom stereocenters. The third-order valence-electron chi connectivity index (χ3n) is 1.05. The van der Waals surface area contributed by atoms with Crippen LogP contribution in [0, 0.1) is 12.5 Å². The predicted octanol–water partition coefficient (Wildman–Crippen LogP) is 1.11. The fourth-order valence-corrected chi connectivity index (χ4v) is 0.536. The van der Waals surface area contributed by atoms with E-state index in [1.165, 1.54) is 0 Å². The van der Waals surface area contributed by atoms with Crippen LogP contribution in [0.15, 0.2) is 0 Å². The van der Waals surface area contributed by atoms with Crippen LogP contribution in [0.3, 0.4) is 0 Å². The average molecular weight is 145 g/mol. The lowest BCUT2D eigenvalue weighted by atomic mass is 10.1. The molecule has 0 aromatic rings. The molecule has 0 rings (SSSR count). The van der Waals surface area contributed by atoms with E-state index in [2.05, 4.69) is 4.74 Å². The molecule has 0 fully saturated rings. The topological polar surface area (TPSA) is 46.5 Å². The molecule has 1 N–H and O–H groups in total. The fourth-order valence-electron chi connectivity index (χ4n) is 0.536. The maximum Gasteiger partial charge on any atom is 0.306 e. The Morgan fingerprint density at radius 1 is 1.80 bits per heavy atom. The first-order valence-corrected chi connectivity index (χ1v) is 3.33. The van der Waals surface area contributed by atoms with E-state index in [1.54, 1.807) is 13.8 Å². The van der Waals surface area contributed by atoms with Gasteiger partial charge in [-0.3, -0.25) is 4.79 Å². The van der Waals surface area contributed by atoms with Gasteiger partial charge in [0.15, 0.2) is 0 Å². The summed E-state index contributed by atoms with van der Waals surface area (Å²) in [6.45, 7) is 4.90. The summed E-state index contributed by atoms with van der Waals surface area (Å²) < 4.78 is 4.64. The van der Waals surface area contributed by atoms with E-state index in [0.717, 1.165) is 6.61 Å². The van der Waals surface area contributed by atoms with Crippen molar-refractivity contribution in [3.63, 3.8) is 0 Å². The highest BCUT2D eigenvalue weighted by Crippen LogP contribution is 2.04. The van der Waals surface area contributed by atoms with Gasteiger partial charge in [-0.1, -0.05) is 6.92 Å². The van der Waals surface area contributed by atoms with Crippen LogP contribution in [0.25, 0.3) is 0 Å². The minimum Gasteiger partial charge on any atom is -0.466 e. The molecule has 10 heavy (non-hydrogen) atoms. The first-order chi connectivity index (χ1) is 4.70. The van der Waals surface area contributed by atoms with Gasteiger partial charge in [0.05, 0.1) is 19.6 Å². The molecular formula is C7H13O3. The van der Waals surface area contributed by atoms with Crippen molar-refractivity contribution in [3.05, 3.63) is 6.61 Å². The Morgan fingerprint density at radius 2 is 2.40 bits per heavy atom. The highest BCUT2D eigenvalue weighted by molar-refractivity contribution is 5.69. The number of hydrogen-bond donors (Lipinski definition) is 1. The van der Waals surface area contributed by atoms with Crippen LogP contribution in [0.4, 0.5) is 0 Å². The highest BCUT2D eigenvalue weighted by atomic mass is 16.5. The van der Waals surface area contributed by atoms with Gasteiger partial charge in [0.1, 0.15) is 0 Å². The molecule has 0 aliphatic carbocycles. The van der Waals surface area contributed by atoms with Crippen molar-refractivity contribution in [1.82, 2.24) is 0 Å². The van der Waals surface area contributed by atoms with Gasteiger partial charge < -0.3 is 9.84 Å². The molecule has 0 spiro atoms. The van der Waals surface area contributed by atoms with Crippen LogP contribution in [-0.2, 0) is 9.53 Å². The van der Waals surface area contributed by atoms with Crippen LogP contribution in [-0.4, -0.2) is 17.7 Å². The molecule has 0 amide bonds. The molecule has 3 nitrogen and oxygen atoms in total. The normalized spacial score (nSPS) is 12.7. The number of carbonyl (C=O) groups is 1. The van der Waals surface area contributed by atoms with Gasteiger partial charge in [-0.25, -0.2) is 0 Å². The van der Waals surface area contributed by atoms with Gasteiger partial charge in [-0.2, -0.15) is 0 Å². The van der Waals surface area contributed by atoms with Crippen LogP contribution in [0.2, 0.25) is 0 Å². The molecule has 0 bridgehead atoms. The van der Waals surface area contributed by atoms with Gasteiger partial charge in [-0.05, 0) is 12.8 Å². The Kier molecular flexibility index (Phi) is 4.94. The standard InChI is InChI=1S/C7H13O3/c1-3-10-7(9)4-6(2)5-8/h5-6,8H,3-4H2,1-2H3. The van der Waals surface area contributed by atoms with E-state index < -0.39 is 0 Å². The number of aliphatic hydroxyl groups excluding tert-OH is 1. The molecule has 1 atom stereocenters. The third-order valence-corrected chi connectivity index (χ3v) is 1.05. The van der Waals surface area contributed by atoms with E-state index in [0.29, 0.717) is 6.61 Å².